The molecule has 0 heterocycles. The summed E-state index contributed by atoms with van der Waals surface area (Å²) in [6.07, 6.45) is 2.31. The van der Waals surface area contributed by atoms with Crippen LogP contribution in [0.3, 0.4) is 0 Å². The second-order valence-corrected chi connectivity index (χ2v) is 4.57. The molecule has 1 atom stereocenters. The maximum absolute atomic E-state index is 9.24. The normalized spacial score (nSPS) is 20.5. The van der Waals surface area contributed by atoms with Gasteiger partial charge in [0.2, 0.25) is 0 Å². The second kappa shape index (κ2) is 4.77. The van der Waals surface area contributed by atoms with Crippen LogP contribution >= 0.6 is 0 Å². The Labute approximate surface area is 86.4 Å². The summed E-state index contributed by atoms with van der Waals surface area (Å²) >= 11 is 0. The molecule has 0 radical (unpaired) electrons. The molecule has 1 rings (SSSR count). The van der Waals surface area contributed by atoms with Crippen molar-refractivity contribution in [3.05, 3.63) is 0 Å². The van der Waals surface area contributed by atoms with Gasteiger partial charge in [0.15, 0.2) is 0 Å². The van der Waals surface area contributed by atoms with Gasteiger partial charge in [0.1, 0.15) is 5.54 Å². The van der Waals surface area contributed by atoms with Gasteiger partial charge in [-0.2, -0.15) is 5.26 Å². The smallest absolute Gasteiger partial charge is 0.133 e. The zero-order valence-corrected chi connectivity index (χ0v) is 9.34. The summed E-state index contributed by atoms with van der Waals surface area (Å²) in [6, 6.07) is 2.40. The maximum atomic E-state index is 9.24. The Morgan fingerprint density at radius 1 is 1.57 bits per heavy atom. The topological polar surface area (TPSA) is 45.0 Å². The highest BCUT2D eigenvalue weighted by atomic mass is 16.5. The van der Waals surface area contributed by atoms with E-state index in [0.29, 0.717) is 18.4 Å². The van der Waals surface area contributed by atoms with Gasteiger partial charge in [-0.15, -0.1) is 0 Å². The Bertz CT molecular complexity index is 218. The number of methoxy groups -OCH3 is 1. The molecule has 0 aromatic carbocycles. The van der Waals surface area contributed by atoms with E-state index in [1.165, 1.54) is 0 Å². The first-order valence-electron chi connectivity index (χ1n) is 5.30. The third-order valence-corrected chi connectivity index (χ3v) is 2.67. The van der Waals surface area contributed by atoms with Crippen LogP contribution in [0.2, 0.25) is 0 Å². The van der Waals surface area contributed by atoms with E-state index >= 15 is 0 Å². The predicted octanol–water partition coefficient (Wildman–Crippen LogP) is 1.55. The Morgan fingerprint density at radius 3 is 2.57 bits per heavy atom. The van der Waals surface area contributed by atoms with E-state index in [1.807, 2.05) is 0 Å². The van der Waals surface area contributed by atoms with E-state index in [-0.39, 0.29) is 0 Å². The number of ether oxygens (including phenoxy) is 1. The lowest BCUT2D eigenvalue weighted by Crippen LogP contribution is -2.51. The van der Waals surface area contributed by atoms with Gasteiger partial charge in [0, 0.05) is 7.11 Å². The van der Waals surface area contributed by atoms with Crippen LogP contribution in [0.25, 0.3) is 0 Å². The summed E-state index contributed by atoms with van der Waals surface area (Å²) in [6.45, 7) is 5.68. The molecule has 1 N–H and O–H groups in total. The molecule has 0 aromatic rings. The molecular formula is C11H20N2O. The van der Waals surface area contributed by atoms with E-state index < -0.39 is 5.54 Å². The molecule has 0 amide bonds. The molecular weight excluding hydrogens is 176 g/mol. The summed E-state index contributed by atoms with van der Waals surface area (Å²) in [5, 5.41) is 12.6. The van der Waals surface area contributed by atoms with Gasteiger partial charge in [0.05, 0.1) is 12.7 Å². The van der Waals surface area contributed by atoms with Crippen LogP contribution < -0.4 is 5.32 Å². The summed E-state index contributed by atoms with van der Waals surface area (Å²) in [5.41, 5.74) is -0.432. The molecule has 80 valence electrons. The van der Waals surface area contributed by atoms with Crippen molar-refractivity contribution in [2.75, 3.05) is 20.3 Å². The molecule has 3 nitrogen and oxygen atoms in total. The van der Waals surface area contributed by atoms with Crippen LogP contribution in [0.4, 0.5) is 0 Å². The van der Waals surface area contributed by atoms with Crippen molar-refractivity contribution in [2.45, 2.75) is 32.2 Å². The summed E-state index contributed by atoms with van der Waals surface area (Å²) in [5.74, 6) is 1.06. The van der Waals surface area contributed by atoms with Crippen molar-refractivity contribution in [3.8, 4) is 6.07 Å². The minimum Gasteiger partial charge on any atom is -0.382 e. The van der Waals surface area contributed by atoms with Crippen LogP contribution in [-0.2, 0) is 4.74 Å². The first kappa shape index (κ1) is 11.5. The predicted molar refractivity (Wildman–Crippen MR) is 55.8 cm³/mol. The maximum Gasteiger partial charge on any atom is 0.133 e. The fourth-order valence-electron chi connectivity index (χ4n) is 1.67. The highest BCUT2D eigenvalue weighted by molar-refractivity contribution is 5.15. The SMILES string of the molecule is COCC(C#N)(NCC(C)C)C1CC1. The molecule has 0 aromatic heterocycles. The molecule has 0 bridgehead atoms. The molecule has 0 spiro atoms. The monoisotopic (exact) mass is 196 g/mol. The lowest BCUT2D eigenvalue weighted by atomic mass is 9.95. The number of nitrogens with one attached hydrogen (secondary N) is 1. The Hall–Kier alpha value is -0.590. The van der Waals surface area contributed by atoms with Gasteiger partial charge >= 0.3 is 0 Å². The number of nitrogens with zero attached hydrogens (tertiary/aromatic N) is 1. The number of rotatable bonds is 6. The lowest BCUT2D eigenvalue weighted by Gasteiger charge is -2.28. The van der Waals surface area contributed by atoms with Crippen molar-refractivity contribution in [3.63, 3.8) is 0 Å². The summed E-state index contributed by atoms with van der Waals surface area (Å²) in [4.78, 5) is 0. The molecule has 3 heteroatoms. The van der Waals surface area contributed by atoms with Crippen LogP contribution in [0, 0.1) is 23.2 Å². The van der Waals surface area contributed by atoms with E-state index in [9.17, 15) is 5.26 Å². The Kier molecular flexibility index (Phi) is 3.91. The van der Waals surface area contributed by atoms with Crippen LogP contribution in [-0.4, -0.2) is 25.8 Å². The van der Waals surface area contributed by atoms with Crippen molar-refractivity contribution >= 4 is 0 Å². The zero-order chi connectivity index (χ0) is 10.6. The first-order valence-corrected chi connectivity index (χ1v) is 5.30. The van der Waals surface area contributed by atoms with E-state index in [1.54, 1.807) is 7.11 Å². The van der Waals surface area contributed by atoms with E-state index in [4.69, 9.17) is 4.74 Å². The standard InChI is InChI=1S/C11H20N2O/c1-9(2)6-13-11(7-12,8-14-3)10-4-5-10/h9-10,13H,4-6,8H2,1-3H3. The Balaban J connectivity index is 2.55. The fraction of sp³-hybridized carbons (Fsp3) is 0.909. The van der Waals surface area contributed by atoms with Crippen molar-refractivity contribution < 1.29 is 4.74 Å². The van der Waals surface area contributed by atoms with Gasteiger partial charge in [-0.05, 0) is 31.2 Å². The summed E-state index contributed by atoms with van der Waals surface area (Å²) in [7, 11) is 1.66. The minimum absolute atomic E-state index is 0.432. The van der Waals surface area contributed by atoms with Gasteiger partial charge in [0.25, 0.3) is 0 Å². The lowest BCUT2D eigenvalue weighted by molar-refractivity contribution is 0.123. The number of nitriles is 1. The first-order chi connectivity index (χ1) is 6.64. The number of hydrogen-bond acceptors (Lipinski definition) is 3. The third-order valence-electron chi connectivity index (χ3n) is 2.67. The molecule has 1 aliphatic rings. The second-order valence-electron chi connectivity index (χ2n) is 4.57. The largest absolute Gasteiger partial charge is 0.382 e. The third kappa shape index (κ3) is 2.70. The number of hydrogen-bond donors (Lipinski definition) is 1. The van der Waals surface area contributed by atoms with Crippen LogP contribution in [0.1, 0.15) is 26.7 Å². The minimum atomic E-state index is -0.432. The van der Waals surface area contributed by atoms with Crippen LogP contribution in [0.15, 0.2) is 0 Å². The molecule has 1 aliphatic carbocycles. The Morgan fingerprint density at radius 2 is 2.21 bits per heavy atom. The molecule has 0 saturated heterocycles. The zero-order valence-electron chi connectivity index (χ0n) is 9.34. The highest BCUT2D eigenvalue weighted by Gasteiger charge is 2.45. The molecule has 1 saturated carbocycles. The highest BCUT2D eigenvalue weighted by Crippen LogP contribution is 2.39. The van der Waals surface area contributed by atoms with Gasteiger partial charge in [-0.1, -0.05) is 13.8 Å². The summed E-state index contributed by atoms with van der Waals surface area (Å²) < 4.78 is 5.15. The van der Waals surface area contributed by atoms with Gasteiger partial charge in [-0.25, -0.2) is 0 Å². The van der Waals surface area contributed by atoms with Crippen molar-refractivity contribution in [1.82, 2.24) is 5.32 Å². The van der Waals surface area contributed by atoms with Crippen molar-refractivity contribution in [1.29, 1.82) is 5.26 Å². The molecule has 1 unspecified atom stereocenters. The van der Waals surface area contributed by atoms with Gasteiger partial charge < -0.3 is 4.74 Å². The fourth-order valence-corrected chi connectivity index (χ4v) is 1.67. The average molecular weight is 196 g/mol. The van der Waals surface area contributed by atoms with Crippen molar-refractivity contribution in [2.24, 2.45) is 11.8 Å². The van der Waals surface area contributed by atoms with Crippen LogP contribution in [0.5, 0.6) is 0 Å². The molecule has 14 heavy (non-hydrogen) atoms. The van der Waals surface area contributed by atoms with Gasteiger partial charge in [-0.3, -0.25) is 5.32 Å². The van der Waals surface area contributed by atoms with E-state index in [2.05, 4.69) is 25.2 Å². The molecule has 1 fully saturated rings. The van der Waals surface area contributed by atoms with E-state index in [0.717, 1.165) is 19.4 Å². The quantitative estimate of drug-likeness (QED) is 0.701. The molecule has 0 aliphatic heterocycles. The average Bonchev–Trinajstić information content (AvgIpc) is 2.95.